The van der Waals surface area contributed by atoms with E-state index in [1.54, 1.807) is 12.5 Å². The molecule has 0 aliphatic carbocycles. The molecular formula is C10H14N6. The number of hydrogen-bond donors (Lipinski definition) is 2. The first kappa shape index (κ1) is 10.6. The maximum atomic E-state index is 5.29. The highest BCUT2D eigenvalue weighted by Gasteiger charge is 2.09. The number of aromatic nitrogens is 4. The van der Waals surface area contributed by atoms with Gasteiger partial charge in [0.15, 0.2) is 0 Å². The summed E-state index contributed by atoms with van der Waals surface area (Å²) < 4.78 is 1.92. The molecular weight excluding hydrogens is 204 g/mol. The summed E-state index contributed by atoms with van der Waals surface area (Å²) in [6.45, 7) is 5.91. The molecule has 0 amide bonds. The summed E-state index contributed by atoms with van der Waals surface area (Å²) in [7, 11) is 0. The molecule has 0 spiro atoms. The van der Waals surface area contributed by atoms with Crippen molar-refractivity contribution in [2.45, 2.75) is 20.8 Å². The van der Waals surface area contributed by atoms with E-state index in [4.69, 9.17) is 5.84 Å². The Hall–Kier alpha value is -1.95. The molecule has 0 unspecified atom stereocenters. The molecule has 0 aliphatic heterocycles. The van der Waals surface area contributed by atoms with Crippen molar-refractivity contribution in [3.05, 3.63) is 29.5 Å². The number of hydrogen-bond acceptors (Lipinski definition) is 5. The second kappa shape index (κ2) is 3.90. The molecule has 6 nitrogen and oxygen atoms in total. The van der Waals surface area contributed by atoms with Gasteiger partial charge in [-0.05, 0) is 20.8 Å². The molecule has 2 aromatic heterocycles. The minimum absolute atomic E-state index is 0.395. The molecule has 3 N–H and O–H groups in total. The Kier molecular flexibility index (Phi) is 2.57. The molecule has 2 heterocycles. The van der Waals surface area contributed by atoms with Gasteiger partial charge in [-0.2, -0.15) is 4.98 Å². The molecule has 0 bridgehead atoms. The third-order valence-electron chi connectivity index (χ3n) is 2.55. The van der Waals surface area contributed by atoms with Crippen molar-refractivity contribution in [2.75, 3.05) is 5.43 Å². The van der Waals surface area contributed by atoms with Crippen molar-refractivity contribution >= 4 is 5.95 Å². The number of aryl methyl sites for hydroxylation is 2. The molecule has 2 rings (SSSR count). The zero-order valence-electron chi connectivity index (χ0n) is 9.52. The molecule has 0 aromatic carbocycles. The molecule has 0 saturated carbocycles. The van der Waals surface area contributed by atoms with Crippen LogP contribution in [-0.2, 0) is 0 Å². The topological polar surface area (TPSA) is 81.6 Å². The number of rotatable bonds is 2. The number of hydrazine groups is 1. The molecule has 16 heavy (non-hydrogen) atoms. The second-order valence-electron chi connectivity index (χ2n) is 3.63. The molecule has 0 radical (unpaired) electrons. The lowest BCUT2D eigenvalue weighted by Gasteiger charge is -2.09. The zero-order chi connectivity index (χ0) is 11.7. The Morgan fingerprint density at radius 1 is 1.25 bits per heavy atom. The average molecular weight is 218 g/mol. The highest BCUT2D eigenvalue weighted by Crippen LogP contribution is 2.15. The number of nitrogens with two attached hydrogens (primary N) is 1. The zero-order valence-corrected chi connectivity index (χ0v) is 9.52. The van der Waals surface area contributed by atoms with E-state index in [0.717, 1.165) is 22.8 Å². The quantitative estimate of drug-likeness (QED) is 0.577. The summed E-state index contributed by atoms with van der Waals surface area (Å²) in [4.78, 5) is 12.6. The van der Waals surface area contributed by atoms with Gasteiger partial charge in [0, 0.05) is 17.5 Å². The number of nitrogens with zero attached hydrogens (tertiary/aromatic N) is 4. The van der Waals surface area contributed by atoms with Crippen LogP contribution in [0.5, 0.6) is 0 Å². The first-order valence-electron chi connectivity index (χ1n) is 4.94. The fourth-order valence-corrected chi connectivity index (χ4v) is 1.46. The maximum Gasteiger partial charge on any atom is 0.239 e. The molecule has 0 aliphatic rings. The lowest BCUT2D eigenvalue weighted by molar-refractivity contribution is 0.917. The van der Waals surface area contributed by atoms with Crippen LogP contribution in [0.3, 0.4) is 0 Å². The normalized spacial score (nSPS) is 10.5. The minimum Gasteiger partial charge on any atom is -0.292 e. The Morgan fingerprint density at radius 3 is 2.56 bits per heavy atom. The summed E-state index contributed by atoms with van der Waals surface area (Å²) in [6.07, 6.45) is 3.48. The van der Waals surface area contributed by atoms with E-state index in [1.165, 1.54) is 0 Å². The fraction of sp³-hybridized carbons (Fsp3) is 0.300. The Balaban J connectivity index is 2.59. The molecule has 6 heteroatoms. The Morgan fingerprint density at radius 2 is 2.00 bits per heavy atom. The van der Waals surface area contributed by atoms with Crippen LogP contribution in [0.1, 0.15) is 17.0 Å². The maximum absolute atomic E-state index is 5.29. The van der Waals surface area contributed by atoms with E-state index in [-0.39, 0.29) is 0 Å². The molecule has 0 atom stereocenters. The van der Waals surface area contributed by atoms with Crippen LogP contribution in [0.15, 0.2) is 12.5 Å². The highest BCUT2D eigenvalue weighted by molar-refractivity contribution is 5.39. The van der Waals surface area contributed by atoms with Gasteiger partial charge in [-0.1, -0.05) is 0 Å². The predicted octanol–water partition coefficient (Wildman–Crippen LogP) is 0.873. The van der Waals surface area contributed by atoms with E-state index in [1.807, 2.05) is 25.3 Å². The van der Waals surface area contributed by atoms with Crippen molar-refractivity contribution in [2.24, 2.45) is 5.84 Å². The SMILES string of the molecule is Cc1cnc(NN)nc1-n1cnc(C)c1C. The van der Waals surface area contributed by atoms with E-state index in [9.17, 15) is 0 Å². The minimum atomic E-state index is 0.395. The van der Waals surface area contributed by atoms with Gasteiger partial charge in [-0.3, -0.25) is 9.99 Å². The van der Waals surface area contributed by atoms with Crippen molar-refractivity contribution in [3.63, 3.8) is 0 Å². The van der Waals surface area contributed by atoms with Gasteiger partial charge < -0.3 is 0 Å². The van der Waals surface area contributed by atoms with Crippen molar-refractivity contribution < 1.29 is 0 Å². The lowest BCUT2D eigenvalue weighted by atomic mass is 10.3. The van der Waals surface area contributed by atoms with Gasteiger partial charge in [0.1, 0.15) is 12.1 Å². The number of imidazole rings is 1. The first-order valence-corrected chi connectivity index (χ1v) is 4.94. The molecule has 0 saturated heterocycles. The standard InChI is InChI=1S/C10H14N6/c1-6-4-12-10(15-11)14-9(6)16-5-13-7(2)8(16)3/h4-5H,11H2,1-3H3,(H,12,14,15). The summed E-state index contributed by atoms with van der Waals surface area (Å²) >= 11 is 0. The van der Waals surface area contributed by atoms with Crippen molar-refractivity contribution in [3.8, 4) is 5.82 Å². The van der Waals surface area contributed by atoms with Gasteiger partial charge in [0.25, 0.3) is 0 Å². The fourth-order valence-electron chi connectivity index (χ4n) is 1.46. The average Bonchev–Trinajstić information content (AvgIpc) is 2.61. The predicted molar refractivity (Wildman–Crippen MR) is 61.2 cm³/mol. The largest absolute Gasteiger partial charge is 0.292 e. The summed E-state index contributed by atoms with van der Waals surface area (Å²) in [5.41, 5.74) is 5.45. The van der Waals surface area contributed by atoms with Crippen molar-refractivity contribution in [1.82, 2.24) is 19.5 Å². The Bertz CT molecular complexity index is 516. The number of nitrogen functional groups attached to an aromatic ring is 1. The summed E-state index contributed by atoms with van der Waals surface area (Å²) in [6, 6.07) is 0. The van der Waals surface area contributed by atoms with Gasteiger partial charge in [-0.15, -0.1) is 0 Å². The van der Waals surface area contributed by atoms with E-state index < -0.39 is 0 Å². The van der Waals surface area contributed by atoms with Gasteiger partial charge in [-0.25, -0.2) is 15.8 Å². The third kappa shape index (κ3) is 1.63. The molecule has 84 valence electrons. The monoisotopic (exact) mass is 218 g/mol. The van der Waals surface area contributed by atoms with Gasteiger partial charge >= 0.3 is 0 Å². The van der Waals surface area contributed by atoms with Crippen LogP contribution >= 0.6 is 0 Å². The van der Waals surface area contributed by atoms with E-state index in [0.29, 0.717) is 5.95 Å². The van der Waals surface area contributed by atoms with E-state index >= 15 is 0 Å². The molecule has 2 aromatic rings. The van der Waals surface area contributed by atoms with Crippen LogP contribution in [0.25, 0.3) is 5.82 Å². The van der Waals surface area contributed by atoms with Crippen LogP contribution in [-0.4, -0.2) is 19.5 Å². The van der Waals surface area contributed by atoms with Crippen molar-refractivity contribution in [1.29, 1.82) is 0 Å². The van der Waals surface area contributed by atoms with Gasteiger partial charge in [0.05, 0.1) is 5.69 Å². The lowest BCUT2D eigenvalue weighted by Crippen LogP contribution is -2.13. The number of anilines is 1. The number of nitrogens with one attached hydrogen (secondary N) is 1. The van der Waals surface area contributed by atoms with Crippen LogP contribution in [0, 0.1) is 20.8 Å². The Labute approximate surface area is 93.5 Å². The molecule has 0 fully saturated rings. The van der Waals surface area contributed by atoms with Crippen LogP contribution < -0.4 is 11.3 Å². The van der Waals surface area contributed by atoms with Crippen LogP contribution in [0.4, 0.5) is 5.95 Å². The van der Waals surface area contributed by atoms with Crippen LogP contribution in [0.2, 0.25) is 0 Å². The first-order chi connectivity index (χ1) is 7.63. The third-order valence-corrected chi connectivity index (χ3v) is 2.55. The second-order valence-corrected chi connectivity index (χ2v) is 3.63. The summed E-state index contributed by atoms with van der Waals surface area (Å²) in [5.74, 6) is 6.48. The van der Waals surface area contributed by atoms with Gasteiger partial charge in [0.2, 0.25) is 5.95 Å². The summed E-state index contributed by atoms with van der Waals surface area (Å²) in [5, 5.41) is 0. The smallest absolute Gasteiger partial charge is 0.239 e. The van der Waals surface area contributed by atoms with E-state index in [2.05, 4.69) is 20.4 Å². The highest BCUT2D eigenvalue weighted by atomic mass is 15.3.